The number of pyridine rings is 1. The summed E-state index contributed by atoms with van der Waals surface area (Å²) < 4.78 is 41.2. The number of carboxylic acid groups (broad SMARTS) is 1. The molecule has 4 rings (SSSR count). The first-order valence-electron chi connectivity index (χ1n) is 11.2. The van der Waals surface area contributed by atoms with Crippen LogP contribution >= 0.6 is 11.8 Å². The molecule has 3 aromatic rings. The maximum absolute atomic E-state index is 15.4. The molecule has 1 aliphatic rings. The highest BCUT2D eigenvalue weighted by Gasteiger charge is 2.25. The Hall–Kier alpha value is -4.39. The van der Waals surface area contributed by atoms with Crippen LogP contribution in [-0.2, 0) is 4.79 Å². The Morgan fingerprint density at radius 3 is 2.63 bits per heavy atom. The third-order valence-electron chi connectivity index (χ3n) is 5.50. The minimum atomic E-state index is -1.27. The van der Waals surface area contributed by atoms with E-state index in [1.165, 1.54) is 24.3 Å². The van der Waals surface area contributed by atoms with Crippen LogP contribution in [0.1, 0.15) is 18.1 Å². The summed E-state index contributed by atoms with van der Waals surface area (Å²) in [6.45, 7) is 2.67. The van der Waals surface area contributed by atoms with E-state index in [2.05, 4.69) is 9.98 Å². The number of nitrogens with one attached hydrogen (secondary N) is 1. The maximum Gasteiger partial charge on any atom is 0.316 e. The molecule has 1 unspecified atom stereocenters. The maximum atomic E-state index is 15.4. The van der Waals surface area contributed by atoms with Gasteiger partial charge in [0, 0.05) is 24.1 Å². The largest absolute Gasteiger partial charge is 0.504 e. The van der Waals surface area contributed by atoms with Gasteiger partial charge in [-0.25, -0.2) is 9.37 Å². The minimum Gasteiger partial charge on any atom is -0.504 e. The summed E-state index contributed by atoms with van der Waals surface area (Å²) in [5.41, 5.74) is 6.08. The zero-order valence-electron chi connectivity index (χ0n) is 20.2. The van der Waals surface area contributed by atoms with Crippen LogP contribution in [0.25, 0.3) is 0 Å². The van der Waals surface area contributed by atoms with Crippen LogP contribution in [0.15, 0.2) is 52.5 Å². The van der Waals surface area contributed by atoms with E-state index in [0.29, 0.717) is 35.6 Å². The van der Waals surface area contributed by atoms with Crippen LogP contribution in [0.2, 0.25) is 0 Å². The molecule has 0 aliphatic carbocycles. The lowest BCUT2D eigenvalue weighted by atomic mass is 10.1. The monoisotopic (exact) mass is 543 g/mol. The Kier molecular flexibility index (Phi) is 7.67. The number of rotatable bonds is 9. The average Bonchev–Trinajstić information content (AvgIpc) is 3.30. The summed E-state index contributed by atoms with van der Waals surface area (Å²) >= 11 is 1.10. The van der Waals surface area contributed by atoms with Gasteiger partial charge in [0.2, 0.25) is 11.6 Å². The number of nitrogens with two attached hydrogens (primary N) is 1. The van der Waals surface area contributed by atoms with Crippen LogP contribution in [0.4, 0.5) is 8.78 Å². The number of hydrogen-bond acceptors (Lipinski definition) is 9. The Morgan fingerprint density at radius 2 is 1.97 bits per heavy atom. The molecule has 0 bridgehead atoms. The number of phenols is 1. The quantitative estimate of drug-likeness (QED) is 0.177. The molecular weight excluding hydrogens is 520 g/mol. The standard InChI is InChI=1S/C25H23F2N5O5S/c1-12(25(34)35)38-14-4-6-18(15(10-14)23-30-7-8-32(23)2)36-21-16(26)11-31-24(20(21)27)37-19-9-13(22(28)29)3-5-17(19)33/h3-6,9-12,33H,7-8H2,1-2H3,(H3,28,29)(H,34,35). The molecule has 0 spiro atoms. The highest BCUT2D eigenvalue weighted by molar-refractivity contribution is 8.00. The Balaban J connectivity index is 1.71. The molecule has 1 aromatic heterocycles. The molecular formula is C25H23F2N5O5S. The third kappa shape index (κ3) is 5.62. The van der Waals surface area contributed by atoms with Gasteiger partial charge in [-0.05, 0) is 43.3 Å². The van der Waals surface area contributed by atoms with Crippen molar-refractivity contribution in [2.45, 2.75) is 17.1 Å². The Morgan fingerprint density at radius 1 is 1.21 bits per heavy atom. The number of aliphatic carboxylic acids is 1. The minimum absolute atomic E-state index is 0.0706. The van der Waals surface area contributed by atoms with E-state index in [1.807, 2.05) is 4.90 Å². The summed E-state index contributed by atoms with van der Waals surface area (Å²) in [6.07, 6.45) is 0.706. The Labute approximate surface area is 220 Å². The van der Waals surface area contributed by atoms with Gasteiger partial charge in [0.25, 0.3) is 5.88 Å². The number of benzene rings is 2. The lowest BCUT2D eigenvalue weighted by molar-refractivity contribution is -0.136. The zero-order chi connectivity index (χ0) is 27.6. The van der Waals surface area contributed by atoms with E-state index in [9.17, 15) is 19.4 Å². The van der Waals surface area contributed by atoms with Gasteiger partial charge in [0.05, 0.1) is 18.3 Å². The number of amidine groups is 2. The molecule has 1 atom stereocenters. The van der Waals surface area contributed by atoms with Crippen molar-refractivity contribution in [2.24, 2.45) is 10.7 Å². The molecule has 0 saturated heterocycles. The highest BCUT2D eigenvalue weighted by Crippen LogP contribution is 2.39. The van der Waals surface area contributed by atoms with Crippen molar-refractivity contribution in [3.63, 3.8) is 0 Å². The highest BCUT2D eigenvalue weighted by atomic mass is 32.2. The van der Waals surface area contributed by atoms with E-state index in [0.717, 1.165) is 11.8 Å². The number of halogens is 2. The molecule has 0 amide bonds. The fourth-order valence-electron chi connectivity index (χ4n) is 3.50. The summed E-state index contributed by atoms with van der Waals surface area (Å²) in [7, 11) is 1.80. The number of aliphatic imine (C=N–C) groups is 1. The second-order valence-electron chi connectivity index (χ2n) is 8.24. The van der Waals surface area contributed by atoms with Crippen LogP contribution in [0, 0.1) is 17.0 Å². The molecule has 0 radical (unpaired) electrons. The van der Waals surface area contributed by atoms with Crippen LogP contribution in [0.5, 0.6) is 28.9 Å². The molecule has 38 heavy (non-hydrogen) atoms. The van der Waals surface area contributed by atoms with Gasteiger partial charge >= 0.3 is 5.97 Å². The number of nitrogens with zero attached hydrogens (tertiary/aromatic N) is 3. The van der Waals surface area contributed by atoms with Crippen molar-refractivity contribution >= 4 is 29.4 Å². The van der Waals surface area contributed by atoms with E-state index in [1.54, 1.807) is 26.1 Å². The van der Waals surface area contributed by atoms with E-state index in [4.69, 9.17) is 20.6 Å². The number of hydrogen-bond donors (Lipinski definition) is 4. The number of aromatic nitrogens is 1. The molecule has 0 saturated carbocycles. The van der Waals surface area contributed by atoms with Crippen molar-refractivity contribution in [1.82, 2.24) is 9.88 Å². The van der Waals surface area contributed by atoms with E-state index < -0.39 is 34.5 Å². The van der Waals surface area contributed by atoms with Crippen LogP contribution in [-0.4, -0.2) is 63.1 Å². The van der Waals surface area contributed by atoms with Crippen molar-refractivity contribution < 1.29 is 33.3 Å². The molecule has 5 N–H and O–H groups in total. The predicted molar refractivity (Wildman–Crippen MR) is 137 cm³/mol. The first-order chi connectivity index (χ1) is 18.0. The fraction of sp³-hybridized carbons (Fsp3) is 0.200. The van der Waals surface area contributed by atoms with Gasteiger partial charge in [-0.1, -0.05) is 0 Å². The second-order valence-corrected chi connectivity index (χ2v) is 9.65. The van der Waals surface area contributed by atoms with Gasteiger partial charge in [0.1, 0.15) is 22.7 Å². The summed E-state index contributed by atoms with van der Waals surface area (Å²) in [4.78, 5) is 21.8. The lowest BCUT2D eigenvalue weighted by Gasteiger charge is -2.19. The number of thioether (sulfide) groups is 1. The zero-order valence-corrected chi connectivity index (χ0v) is 21.1. The molecule has 2 heterocycles. The summed E-state index contributed by atoms with van der Waals surface area (Å²) in [5, 5.41) is 26.1. The van der Waals surface area contributed by atoms with Crippen molar-refractivity contribution in [2.75, 3.05) is 20.1 Å². The molecule has 1 aliphatic heterocycles. The lowest BCUT2D eigenvalue weighted by Crippen LogP contribution is -2.24. The first-order valence-corrected chi connectivity index (χ1v) is 12.1. The summed E-state index contributed by atoms with van der Waals surface area (Å²) in [5.74, 6) is -5.21. The van der Waals surface area contributed by atoms with Crippen molar-refractivity contribution in [1.29, 1.82) is 5.41 Å². The van der Waals surface area contributed by atoms with Gasteiger partial charge in [-0.15, -0.1) is 11.8 Å². The first kappa shape index (κ1) is 26.7. The van der Waals surface area contributed by atoms with E-state index in [-0.39, 0.29) is 28.6 Å². The van der Waals surface area contributed by atoms with Gasteiger partial charge < -0.3 is 30.3 Å². The number of nitrogen functional groups attached to an aromatic ring is 1. The third-order valence-corrected chi connectivity index (χ3v) is 6.58. The Bertz CT molecular complexity index is 1450. The average molecular weight is 544 g/mol. The SMILES string of the molecule is CC(Sc1ccc(Oc2c(F)cnc(Oc3cc(C(=N)N)ccc3O)c2F)c(C2=NCCN2C)c1)C(=O)O. The molecule has 0 fully saturated rings. The molecule has 10 nitrogen and oxygen atoms in total. The fourth-order valence-corrected chi connectivity index (χ4v) is 4.34. The smallest absolute Gasteiger partial charge is 0.316 e. The number of phenolic OH excluding ortho intramolecular Hbond substituents is 1. The van der Waals surface area contributed by atoms with Gasteiger partial charge in [-0.3, -0.25) is 15.2 Å². The second kappa shape index (κ2) is 10.9. The topological polar surface area (TPSA) is 154 Å². The van der Waals surface area contributed by atoms with Crippen molar-refractivity contribution in [3.8, 4) is 28.9 Å². The van der Waals surface area contributed by atoms with Crippen molar-refractivity contribution in [3.05, 3.63) is 65.4 Å². The van der Waals surface area contributed by atoms with Gasteiger partial charge in [0.15, 0.2) is 17.3 Å². The van der Waals surface area contributed by atoms with Crippen LogP contribution < -0.4 is 15.2 Å². The number of ether oxygens (including phenoxy) is 2. The normalized spacial score (nSPS) is 13.7. The number of carbonyl (C=O) groups is 1. The number of likely N-dealkylation sites (N-methyl/N-ethyl adjacent to an activating group) is 1. The van der Waals surface area contributed by atoms with Crippen LogP contribution in [0.3, 0.4) is 0 Å². The van der Waals surface area contributed by atoms with Gasteiger partial charge in [-0.2, -0.15) is 4.39 Å². The molecule has 13 heteroatoms. The number of aromatic hydroxyl groups is 1. The molecule has 198 valence electrons. The van der Waals surface area contributed by atoms with E-state index >= 15 is 4.39 Å². The molecule has 2 aromatic carbocycles. The number of carboxylic acids is 1. The summed E-state index contributed by atoms with van der Waals surface area (Å²) in [6, 6.07) is 8.50. The predicted octanol–water partition coefficient (Wildman–Crippen LogP) is 4.19.